The second-order valence-corrected chi connectivity index (χ2v) is 7.83. The zero-order valence-electron chi connectivity index (χ0n) is 14.6. The number of aliphatic carboxylic acids is 1. The highest BCUT2D eigenvalue weighted by Gasteiger charge is 2.38. The molecule has 0 spiro atoms. The number of nitrogens with one attached hydrogen (secondary N) is 1. The molecule has 0 amide bonds. The van der Waals surface area contributed by atoms with Gasteiger partial charge in [0.1, 0.15) is 0 Å². The van der Waals surface area contributed by atoms with Crippen LogP contribution in [-0.4, -0.2) is 60.3 Å². The van der Waals surface area contributed by atoms with Gasteiger partial charge in [0, 0.05) is 24.7 Å². The molecular weight excluding hydrogens is 308 g/mol. The number of methoxy groups -OCH3 is 1. The van der Waals surface area contributed by atoms with E-state index in [1.54, 1.807) is 0 Å². The molecule has 3 aliphatic carbocycles. The van der Waals surface area contributed by atoms with Crippen LogP contribution < -0.4 is 5.32 Å². The first-order valence-electron chi connectivity index (χ1n) is 9.35. The molecule has 0 unspecified atom stereocenters. The summed E-state index contributed by atoms with van der Waals surface area (Å²) >= 11 is 0. The van der Waals surface area contributed by atoms with Crippen molar-refractivity contribution in [2.24, 2.45) is 11.8 Å². The predicted octanol–water partition coefficient (Wildman–Crippen LogP) is 1.64. The summed E-state index contributed by atoms with van der Waals surface area (Å²) < 4.78 is 4.83. The zero-order chi connectivity index (χ0) is 17.1. The van der Waals surface area contributed by atoms with E-state index in [1.165, 1.54) is 20.0 Å². The van der Waals surface area contributed by atoms with E-state index in [9.17, 15) is 9.59 Å². The molecule has 2 N–H and O–H groups in total. The van der Waals surface area contributed by atoms with Crippen LogP contribution in [0.3, 0.4) is 0 Å². The lowest BCUT2D eigenvalue weighted by Crippen LogP contribution is -2.56. The van der Waals surface area contributed by atoms with Gasteiger partial charge in [0.2, 0.25) is 0 Å². The van der Waals surface area contributed by atoms with Crippen LogP contribution in [0.4, 0.5) is 0 Å². The third kappa shape index (κ3) is 4.70. The fourth-order valence-electron chi connectivity index (χ4n) is 4.17. The van der Waals surface area contributed by atoms with Crippen LogP contribution in [0.5, 0.6) is 0 Å². The number of nitrogens with zero attached hydrogens (tertiary/aromatic N) is 1. The van der Waals surface area contributed by atoms with Gasteiger partial charge < -0.3 is 15.2 Å². The molecule has 3 aliphatic rings. The van der Waals surface area contributed by atoms with Crippen LogP contribution in [0.1, 0.15) is 51.4 Å². The van der Waals surface area contributed by atoms with Crippen molar-refractivity contribution in [1.29, 1.82) is 0 Å². The molecule has 0 aromatic carbocycles. The number of carbonyl (C=O) groups is 2. The maximum Gasteiger partial charge on any atom is 0.317 e. The van der Waals surface area contributed by atoms with Gasteiger partial charge in [-0.25, -0.2) is 0 Å². The molecule has 6 heteroatoms. The van der Waals surface area contributed by atoms with E-state index in [0.717, 1.165) is 51.0 Å². The molecule has 0 saturated heterocycles. The summed E-state index contributed by atoms with van der Waals surface area (Å²) in [5.41, 5.74) is 0. The Kier molecular flexibility index (Phi) is 5.76. The topological polar surface area (TPSA) is 78.9 Å². The van der Waals surface area contributed by atoms with Crippen molar-refractivity contribution in [2.75, 3.05) is 20.2 Å². The Balaban J connectivity index is 1.37. The number of carbonyl (C=O) groups excluding carboxylic acids is 1. The number of hydrogen-bond acceptors (Lipinski definition) is 5. The van der Waals surface area contributed by atoms with Crippen molar-refractivity contribution in [3.63, 3.8) is 0 Å². The van der Waals surface area contributed by atoms with Gasteiger partial charge in [0.25, 0.3) is 0 Å². The summed E-state index contributed by atoms with van der Waals surface area (Å²) in [6.07, 6.45) is 8.50. The quantitative estimate of drug-likeness (QED) is 0.655. The Morgan fingerprint density at radius 1 is 1.08 bits per heavy atom. The zero-order valence-corrected chi connectivity index (χ0v) is 14.6. The molecule has 0 heterocycles. The van der Waals surface area contributed by atoms with Crippen molar-refractivity contribution < 1.29 is 19.4 Å². The minimum atomic E-state index is -0.715. The van der Waals surface area contributed by atoms with Crippen molar-refractivity contribution >= 4 is 11.9 Å². The molecule has 3 fully saturated rings. The lowest BCUT2D eigenvalue weighted by molar-refractivity contribution is -0.146. The van der Waals surface area contributed by atoms with E-state index in [-0.39, 0.29) is 18.4 Å². The fourth-order valence-corrected chi connectivity index (χ4v) is 4.17. The molecule has 0 aromatic heterocycles. The third-order valence-corrected chi connectivity index (χ3v) is 5.89. The SMILES string of the molecule is COC(=O)C1CCC(NC2CC(N(CC(=O)O)CC3CC3)C2)CC1. The van der Waals surface area contributed by atoms with Crippen LogP contribution in [0.25, 0.3) is 0 Å². The summed E-state index contributed by atoms with van der Waals surface area (Å²) in [7, 11) is 1.46. The summed E-state index contributed by atoms with van der Waals surface area (Å²) in [6, 6.07) is 1.42. The van der Waals surface area contributed by atoms with Gasteiger partial charge in [0.05, 0.1) is 19.6 Å². The maximum absolute atomic E-state index is 11.6. The minimum absolute atomic E-state index is 0.0680. The molecule has 0 atom stereocenters. The van der Waals surface area contributed by atoms with E-state index in [1.807, 2.05) is 0 Å². The van der Waals surface area contributed by atoms with E-state index in [4.69, 9.17) is 9.84 Å². The standard InChI is InChI=1S/C18H30N2O4/c1-24-18(23)13-4-6-14(7-5-13)19-15-8-16(9-15)20(11-17(21)22)10-12-2-3-12/h12-16,19H,2-11H2,1H3,(H,21,22). The van der Waals surface area contributed by atoms with E-state index in [2.05, 4.69) is 10.2 Å². The fraction of sp³-hybridized carbons (Fsp3) is 0.889. The Hall–Kier alpha value is -1.14. The molecule has 6 nitrogen and oxygen atoms in total. The first-order valence-corrected chi connectivity index (χ1v) is 9.35. The maximum atomic E-state index is 11.6. The first kappa shape index (κ1) is 17.7. The summed E-state index contributed by atoms with van der Waals surface area (Å²) in [4.78, 5) is 24.8. The average molecular weight is 338 g/mol. The Labute approximate surface area is 143 Å². The molecule has 0 aromatic rings. The summed E-state index contributed by atoms with van der Waals surface area (Å²) in [5.74, 6) is 0.0199. The van der Waals surface area contributed by atoms with Crippen molar-refractivity contribution in [1.82, 2.24) is 10.2 Å². The van der Waals surface area contributed by atoms with Crippen LogP contribution in [0.15, 0.2) is 0 Å². The van der Waals surface area contributed by atoms with Crippen molar-refractivity contribution in [3.05, 3.63) is 0 Å². The predicted molar refractivity (Wildman–Crippen MR) is 89.6 cm³/mol. The number of rotatable bonds is 8. The Bertz CT molecular complexity index is 452. The molecule has 0 aliphatic heterocycles. The van der Waals surface area contributed by atoms with Gasteiger partial charge in [-0.15, -0.1) is 0 Å². The summed E-state index contributed by atoms with van der Waals surface area (Å²) in [6.45, 7) is 1.13. The lowest BCUT2D eigenvalue weighted by atomic mass is 9.81. The number of esters is 1. The average Bonchev–Trinajstić information content (AvgIpc) is 3.33. The van der Waals surface area contributed by atoms with Gasteiger partial charge >= 0.3 is 11.9 Å². The van der Waals surface area contributed by atoms with Gasteiger partial charge in [-0.2, -0.15) is 0 Å². The van der Waals surface area contributed by atoms with Crippen LogP contribution in [-0.2, 0) is 14.3 Å². The van der Waals surface area contributed by atoms with Crippen LogP contribution in [0.2, 0.25) is 0 Å². The molecule has 0 bridgehead atoms. The number of carboxylic acids is 1. The molecule has 3 rings (SSSR count). The highest BCUT2D eigenvalue weighted by Crippen LogP contribution is 2.34. The minimum Gasteiger partial charge on any atom is -0.480 e. The number of hydrogen-bond donors (Lipinski definition) is 2. The molecular formula is C18H30N2O4. The largest absolute Gasteiger partial charge is 0.480 e. The number of carboxylic acid groups (broad SMARTS) is 1. The second-order valence-electron chi connectivity index (χ2n) is 7.83. The molecule has 0 radical (unpaired) electrons. The van der Waals surface area contributed by atoms with E-state index < -0.39 is 5.97 Å². The highest BCUT2D eigenvalue weighted by molar-refractivity contribution is 5.72. The first-order chi connectivity index (χ1) is 11.5. The van der Waals surface area contributed by atoms with Gasteiger partial charge in [-0.05, 0) is 57.3 Å². The van der Waals surface area contributed by atoms with E-state index >= 15 is 0 Å². The number of ether oxygens (including phenoxy) is 1. The van der Waals surface area contributed by atoms with Crippen LogP contribution >= 0.6 is 0 Å². The Morgan fingerprint density at radius 2 is 1.75 bits per heavy atom. The monoisotopic (exact) mass is 338 g/mol. The van der Waals surface area contributed by atoms with Gasteiger partial charge in [-0.1, -0.05) is 0 Å². The van der Waals surface area contributed by atoms with E-state index in [0.29, 0.717) is 18.1 Å². The van der Waals surface area contributed by atoms with Crippen molar-refractivity contribution in [2.45, 2.75) is 69.5 Å². The van der Waals surface area contributed by atoms with Gasteiger partial charge in [0.15, 0.2) is 0 Å². The normalized spacial score (nSPS) is 33.1. The lowest BCUT2D eigenvalue weighted by Gasteiger charge is -2.45. The van der Waals surface area contributed by atoms with Crippen LogP contribution in [0, 0.1) is 11.8 Å². The van der Waals surface area contributed by atoms with Gasteiger partial charge in [-0.3, -0.25) is 14.5 Å². The smallest absolute Gasteiger partial charge is 0.317 e. The van der Waals surface area contributed by atoms with Crippen molar-refractivity contribution in [3.8, 4) is 0 Å². The Morgan fingerprint density at radius 3 is 2.29 bits per heavy atom. The second kappa shape index (κ2) is 7.83. The highest BCUT2D eigenvalue weighted by atomic mass is 16.5. The third-order valence-electron chi connectivity index (χ3n) is 5.89. The molecule has 3 saturated carbocycles. The molecule has 136 valence electrons. The molecule has 24 heavy (non-hydrogen) atoms. The summed E-state index contributed by atoms with van der Waals surface area (Å²) in [5, 5.41) is 12.8.